The molecule has 0 amide bonds. The Morgan fingerprint density at radius 2 is 2.00 bits per heavy atom. The van der Waals surface area contributed by atoms with Crippen molar-refractivity contribution in [2.24, 2.45) is 0 Å². The zero-order valence-corrected chi connectivity index (χ0v) is 10.8. The van der Waals surface area contributed by atoms with E-state index >= 15 is 0 Å². The fourth-order valence-electron chi connectivity index (χ4n) is 2.47. The van der Waals surface area contributed by atoms with Crippen molar-refractivity contribution in [1.29, 1.82) is 0 Å². The Hall–Kier alpha value is -0.120. The minimum absolute atomic E-state index is 0.439. The van der Waals surface area contributed by atoms with Crippen LogP contribution in [0.2, 0.25) is 0 Å². The molecule has 16 heavy (non-hydrogen) atoms. The largest absolute Gasteiger partial charge is 0.389 e. The third-order valence-electron chi connectivity index (χ3n) is 3.31. The maximum atomic E-state index is 10.4. The maximum absolute atomic E-state index is 10.4. The summed E-state index contributed by atoms with van der Waals surface area (Å²) in [6.07, 6.45) is 6.17. The normalized spacial score (nSPS) is 22.3. The monoisotopic (exact) mass is 229 g/mol. The topological polar surface area (TPSA) is 41.5 Å². The highest BCUT2D eigenvalue weighted by molar-refractivity contribution is 4.83. The van der Waals surface area contributed by atoms with E-state index in [9.17, 15) is 5.11 Å². The van der Waals surface area contributed by atoms with Crippen LogP contribution >= 0.6 is 0 Å². The highest BCUT2D eigenvalue weighted by Gasteiger charge is 2.26. The molecule has 96 valence electrons. The van der Waals surface area contributed by atoms with Crippen LogP contribution in [0.15, 0.2) is 0 Å². The number of ether oxygens (including phenoxy) is 1. The summed E-state index contributed by atoms with van der Waals surface area (Å²) in [6.45, 7) is 6.66. The van der Waals surface area contributed by atoms with Gasteiger partial charge in [0.1, 0.15) is 0 Å². The standard InChI is InChI=1S/C13H27NO2/c1-3-7-13(15,8-4-2)11-14-12-6-5-9-16-10-12/h12,14-15H,3-11H2,1-2H3. The van der Waals surface area contributed by atoms with Crippen LogP contribution in [-0.4, -0.2) is 36.5 Å². The second kappa shape index (κ2) is 7.25. The molecule has 1 heterocycles. The van der Waals surface area contributed by atoms with E-state index in [1.807, 2.05) is 0 Å². The van der Waals surface area contributed by atoms with E-state index in [4.69, 9.17) is 4.74 Å². The summed E-state index contributed by atoms with van der Waals surface area (Å²) in [5, 5.41) is 13.9. The first-order chi connectivity index (χ1) is 7.70. The SMILES string of the molecule is CCCC(O)(CCC)CNC1CCCOC1. The molecule has 0 bridgehead atoms. The van der Waals surface area contributed by atoms with E-state index in [1.165, 1.54) is 6.42 Å². The van der Waals surface area contributed by atoms with Gasteiger partial charge in [0.05, 0.1) is 12.2 Å². The van der Waals surface area contributed by atoms with Gasteiger partial charge in [-0.15, -0.1) is 0 Å². The zero-order chi connectivity index (χ0) is 11.9. The third kappa shape index (κ3) is 4.81. The van der Waals surface area contributed by atoms with Crippen LogP contribution in [0.1, 0.15) is 52.4 Å². The summed E-state index contributed by atoms with van der Waals surface area (Å²) in [6, 6.07) is 0.439. The van der Waals surface area contributed by atoms with Crippen molar-refractivity contribution in [2.45, 2.75) is 64.0 Å². The molecule has 0 saturated carbocycles. The molecule has 0 radical (unpaired) electrons. The lowest BCUT2D eigenvalue weighted by Gasteiger charge is -2.31. The second-order valence-corrected chi connectivity index (χ2v) is 5.02. The Bertz CT molecular complexity index is 173. The predicted octanol–water partition coefficient (Wildman–Crippen LogP) is 2.09. The molecule has 2 N–H and O–H groups in total. The quantitative estimate of drug-likeness (QED) is 0.702. The van der Waals surface area contributed by atoms with E-state index in [-0.39, 0.29) is 0 Å². The van der Waals surface area contributed by atoms with Gasteiger partial charge in [0, 0.05) is 19.2 Å². The first-order valence-corrected chi connectivity index (χ1v) is 6.73. The molecular formula is C13H27NO2. The smallest absolute Gasteiger partial charge is 0.0771 e. The number of hydrogen-bond donors (Lipinski definition) is 2. The van der Waals surface area contributed by atoms with Gasteiger partial charge in [-0.2, -0.15) is 0 Å². The van der Waals surface area contributed by atoms with Gasteiger partial charge in [0.25, 0.3) is 0 Å². The van der Waals surface area contributed by atoms with Crippen molar-refractivity contribution in [2.75, 3.05) is 19.8 Å². The average Bonchev–Trinajstić information content (AvgIpc) is 2.29. The van der Waals surface area contributed by atoms with Crippen LogP contribution in [0.4, 0.5) is 0 Å². The molecule has 1 aliphatic heterocycles. The molecule has 3 heteroatoms. The molecule has 1 aliphatic rings. The second-order valence-electron chi connectivity index (χ2n) is 5.02. The summed E-state index contributed by atoms with van der Waals surface area (Å²) < 4.78 is 5.42. The molecule has 0 aromatic carbocycles. The summed E-state index contributed by atoms with van der Waals surface area (Å²) in [5.74, 6) is 0. The summed E-state index contributed by atoms with van der Waals surface area (Å²) >= 11 is 0. The van der Waals surface area contributed by atoms with E-state index in [1.54, 1.807) is 0 Å². The van der Waals surface area contributed by atoms with Gasteiger partial charge in [-0.1, -0.05) is 26.7 Å². The lowest BCUT2D eigenvalue weighted by Crippen LogP contribution is -2.47. The van der Waals surface area contributed by atoms with Crippen LogP contribution in [0.3, 0.4) is 0 Å². The Balaban J connectivity index is 2.30. The number of rotatable bonds is 7. The first-order valence-electron chi connectivity index (χ1n) is 6.73. The van der Waals surface area contributed by atoms with Crippen molar-refractivity contribution < 1.29 is 9.84 Å². The predicted molar refractivity (Wildman–Crippen MR) is 66.6 cm³/mol. The average molecular weight is 229 g/mol. The third-order valence-corrected chi connectivity index (χ3v) is 3.31. The Kier molecular flexibility index (Phi) is 6.32. The zero-order valence-electron chi connectivity index (χ0n) is 10.8. The fraction of sp³-hybridized carbons (Fsp3) is 1.00. The van der Waals surface area contributed by atoms with Crippen molar-refractivity contribution >= 4 is 0 Å². The van der Waals surface area contributed by atoms with Crippen LogP contribution in [-0.2, 0) is 4.74 Å². The molecule has 1 atom stereocenters. The van der Waals surface area contributed by atoms with Crippen molar-refractivity contribution in [3.8, 4) is 0 Å². The highest BCUT2D eigenvalue weighted by atomic mass is 16.5. The number of nitrogens with one attached hydrogen (secondary N) is 1. The minimum Gasteiger partial charge on any atom is -0.389 e. The lowest BCUT2D eigenvalue weighted by atomic mass is 9.92. The summed E-state index contributed by atoms with van der Waals surface area (Å²) in [5.41, 5.74) is -0.513. The van der Waals surface area contributed by atoms with Gasteiger partial charge in [-0.05, 0) is 25.7 Å². The molecule has 0 spiro atoms. The molecule has 1 rings (SSSR count). The van der Waals surface area contributed by atoms with Crippen LogP contribution in [0.5, 0.6) is 0 Å². The van der Waals surface area contributed by atoms with E-state index in [2.05, 4.69) is 19.2 Å². The van der Waals surface area contributed by atoms with Crippen molar-refractivity contribution in [3.05, 3.63) is 0 Å². The Morgan fingerprint density at radius 1 is 1.31 bits per heavy atom. The first kappa shape index (κ1) is 13.9. The van der Waals surface area contributed by atoms with Crippen molar-refractivity contribution in [3.63, 3.8) is 0 Å². The summed E-state index contributed by atoms with van der Waals surface area (Å²) in [7, 11) is 0. The molecule has 1 fully saturated rings. The van der Waals surface area contributed by atoms with Crippen LogP contribution in [0, 0.1) is 0 Å². The van der Waals surface area contributed by atoms with Gasteiger partial charge in [0.2, 0.25) is 0 Å². The summed E-state index contributed by atoms with van der Waals surface area (Å²) in [4.78, 5) is 0. The van der Waals surface area contributed by atoms with Gasteiger partial charge in [-0.25, -0.2) is 0 Å². The fourth-order valence-corrected chi connectivity index (χ4v) is 2.47. The minimum atomic E-state index is -0.513. The molecule has 0 aromatic heterocycles. The van der Waals surface area contributed by atoms with E-state index in [0.29, 0.717) is 12.6 Å². The van der Waals surface area contributed by atoms with E-state index < -0.39 is 5.60 Å². The molecule has 0 aliphatic carbocycles. The van der Waals surface area contributed by atoms with E-state index in [0.717, 1.165) is 45.3 Å². The molecular weight excluding hydrogens is 202 g/mol. The molecule has 1 saturated heterocycles. The van der Waals surface area contributed by atoms with Gasteiger partial charge in [0.15, 0.2) is 0 Å². The maximum Gasteiger partial charge on any atom is 0.0771 e. The number of hydrogen-bond acceptors (Lipinski definition) is 3. The van der Waals surface area contributed by atoms with Gasteiger partial charge in [-0.3, -0.25) is 0 Å². The Morgan fingerprint density at radius 3 is 2.50 bits per heavy atom. The highest BCUT2D eigenvalue weighted by Crippen LogP contribution is 2.19. The van der Waals surface area contributed by atoms with Crippen LogP contribution < -0.4 is 5.32 Å². The molecule has 1 unspecified atom stereocenters. The van der Waals surface area contributed by atoms with Crippen LogP contribution in [0.25, 0.3) is 0 Å². The van der Waals surface area contributed by atoms with Gasteiger partial charge < -0.3 is 15.2 Å². The molecule has 3 nitrogen and oxygen atoms in total. The van der Waals surface area contributed by atoms with Crippen molar-refractivity contribution in [1.82, 2.24) is 5.32 Å². The molecule has 0 aromatic rings. The Labute approximate surface area is 99.6 Å². The lowest BCUT2D eigenvalue weighted by molar-refractivity contribution is 0.00833. The number of aliphatic hydroxyl groups is 1. The van der Waals surface area contributed by atoms with Gasteiger partial charge >= 0.3 is 0 Å².